The van der Waals surface area contributed by atoms with Gasteiger partial charge in [-0.25, -0.2) is 4.79 Å². The molecule has 0 aliphatic carbocycles. The van der Waals surface area contributed by atoms with Crippen LogP contribution >= 0.6 is 0 Å². The minimum Gasteiger partial charge on any atom is -0.478 e. The van der Waals surface area contributed by atoms with E-state index in [1.54, 1.807) is 6.08 Å². The van der Waals surface area contributed by atoms with Crippen molar-refractivity contribution in [2.45, 2.75) is 13.8 Å². The van der Waals surface area contributed by atoms with E-state index in [-0.39, 0.29) is 0 Å². The maximum atomic E-state index is 10.3. The van der Waals surface area contributed by atoms with Gasteiger partial charge in [-0.2, -0.15) is 0 Å². The molecule has 1 rings (SSSR count). The number of benzene rings is 1. The molecule has 0 aliphatic rings. The Morgan fingerprint density at radius 1 is 1.38 bits per heavy atom. The Balaban J connectivity index is 3.00. The normalized spacial score (nSPS) is 10.6. The molecule has 1 N–H and O–H groups in total. The van der Waals surface area contributed by atoms with Gasteiger partial charge in [-0.05, 0) is 31.1 Å². The smallest absolute Gasteiger partial charge is 0.328 e. The van der Waals surface area contributed by atoms with Crippen molar-refractivity contribution in [2.24, 2.45) is 0 Å². The average molecular weight is 176 g/mol. The minimum atomic E-state index is -0.916. The molecule has 0 unspecified atom stereocenters. The number of aliphatic carboxylic acids is 1. The number of hydrogen-bond acceptors (Lipinski definition) is 1. The van der Waals surface area contributed by atoms with Crippen molar-refractivity contribution in [3.8, 4) is 0 Å². The van der Waals surface area contributed by atoms with Crippen LogP contribution in [0.5, 0.6) is 0 Å². The first-order valence-corrected chi connectivity index (χ1v) is 4.08. The van der Waals surface area contributed by atoms with Crippen LogP contribution in [0.15, 0.2) is 24.3 Å². The monoisotopic (exact) mass is 176 g/mol. The highest BCUT2D eigenvalue weighted by Crippen LogP contribution is 2.11. The largest absolute Gasteiger partial charge is 0.478 e. The highest BCUT2D eigenvalue weighted by atomic mass is 16.4. The van der Waals surface area contributed by atoms with Crippen molar-refractivity contribution in [1.82, 2.24) is 0 Å². The number of rotatable bonds is 2. The van der Waals surface area contributed by atoms with Crippen LogP contribution in [-0.4, -0.2) is 11.1 Å². The maximum Gasteiger partial charge on any atom is 0.328 e. The minimum absolute atomic E-state index is 0.916. The molecule has 0 aliphatic heterocycles. The molecule has 1 aromatic carbocycles. The number of aryl methyl sites for hydroxylation is 2. The fourth-order valence-electron chi connectivity index (χ4n) is 1.10. The van der Waals surface area contributed by atoms with Crippen molar-refractivity contribution in [3.63, 3.8) is 0 Å². The molecule has 13 heavy (non-hydrogen) atoms. The zero-order valence-corrected chi connectivity index (χ0v) is 7.74. The molecule has 0 spiro atoms. The van der Waals surface area contributed by atoms with Crippen LogP contribution in [0.4, 0.5) is 0 Å². The Labute approximate surface area is 77.5 Å². The Bertz CT molecular complexity index is 351. The van der Waals surface area contributed by atoms with E-state index >= 15 is 0 Å². The third-order valence-corrected chi connectivity index (χ3v) is 1.84. The van der Waals surface area contributed by atoms with Crippen LogP contribution < -0.4 is 0 Å². The summed E-state index contributed by atoms with van der Waals surface area (Å²) < 4.78 is 0. The lowest BCUT2D eigenvalue weighted by Gasteiger charge is -2.00. The molecule has 0 heterocycles. The highest BCUT2D eigenvalue weighted by Gasteiger charge is 1.94. The quantitative estimate of drug-likeness (QED) is 0.702. The van der Waals surface area contributed by atoms with Crippen LogP contribution in [0.1, 0.15) is 16.7 Å². The van der Waals surface area contributed by atoms with Gasteiger partial charge < -0.3 is 5.11 Å². The number of hydrogen-bond donors (Lipinski definition) is 1. The van der Waals surface area contributed by atoms with Crippen molar-refractivity contribution in [1.29, 1.82) is 0 Å². The van der Waals surface area contributed by atoms with Gasteiger partial charge in [0, 0.05) is 6.08 Å². The molecule has 2 heteroatoms. The summed E-state index contributed by atoms with van der Waals surface area (Å²) in [7, 11) is 0. The van der Waals surface area contributed by atoms with Crippen molar-refractivity contribution in [3.05, 3.63) is 41.0 Å². The second kappa shape index (κ2) is 3.90. The molecule has 0 atom stereocenters. The molecular formula is C11H12O2. The zero-order chi connectivity index (χ0) is 9.84. The van der Waals surface area contributed by atoms with Crippen LogP contribution in [0.2, 0.25) is 0 Å². The van der Waals surface area contributed by atoms with Gasteiger partial charge in [-0.1, -0.05) is 23.8 Å². The summed E-state index contributed by atoms with van der Waals surface area (Å²) in [5.41, 5.74) is 3.18. The van der Waals surface area contributed by atoms with Crippen LogP contribution in [-0.2, 0) is 4.79 Å². The first kappa shape index (κ1) is 9.52. The van der Waals surface area contributed by atoms with Crippen molar-refractivity contribution < 1.29 is 9.90 Å². The summed E-state index contributed by atoms with van der Waals surface area (Å²) >= 11 is 0. The predicted molar refractivity (Wildman–Crippen MR) is 52.6 cm³/mol. The number of carboxylic acid groups (broad SMARTS) is 1. The second-order valence-corrected chi connectivity index (χ2v) is 3.03. The standard InChI is InChI=1S/C11H12O2/c1-8-3-4-9(2)10(7-8)5-6-11(12)13/h3-7H,1-2H3,(H,12,13). The van der Waals surface area contributed by atoms with E-state index in [4.69, 9.17) is 5.11 Å². The molecule has 0 radical (unpaired) electrons. The van der Waals surface area contributed by atoms with Crippen LogP contribution in [0.25, 0.3) is 6.08 Å². The maximum absolute atomic E-state index is 10.3. The van der Waals surface area contributed by atoms with Crippen LogP contribution in [0, 0.1) is 13.8 Å². The van der Waals surface area contributed by atoms with E-state index in [9.17, 15) is 4.79 Å². The molecule has 1 aromatic rings. The van der Waals surface area contributed by atoms with Gasteiger partial charge in [-0.15, -0.1) is 0 Å². The van der Waals surface area contributed by atoms with Crippen LogP contribution in [0.3, 0.4) is 0 Å². The van der Waals surface area contributed by atoms with Gasteiger partial charge in [0.15, 0.2) is 0 Å². The van der Waals surface area contributed by atoms with E-state index in [0.29, 0.717) is 0 Å². The molecule has 68 valence electrons. The first-order chi connectivity index (χ1) is 6.09. The van der Waals surface area contributed by atoms with Gasteiger partial charge in [0.1, 0.15) is 0 Å². The molecule has 0 bridgehead atoms. The second-order valence-electron chi connectivity index (χ2n) is 3.03. The predicted octanol–water partition coefficient (Wildman–Crippen LogP) is 2.40. The Kier molecular flexibility index (Phi) is 2.85. The molecule has 0 saturated heterocycles. The fraction of sp³-hybridized carbons (Fsp3) is 0.182. The fourth-order valence-corrected chi connectivity index (χ4v) is 1.10. The van der Waals surface area contributed by atoms with E-state index in [0.717, 1.165) is 22.8 Å². The van der Waals surface area contributed by atoms with Gasteiger partial charge in [0.2, 0.25) is 0 Å². The lowest BCUT2D eigenvalue weighted by atomic mass is 10.1. The van der Waals surface area contributed by atoms with E-state index in [1.807, 2.05) is 32.0 Å². The summed E-state index contributed by atoms with van der Waals surface area (Å²) in [6.45, 7) is 3.94. The van der Waals surface area contributed by atoms with Gasteiger partial charge in [0.25, 0.3) is 0 Å². The summed E-state index contributed by atoms with van der Waals surface area (Å²) in [4.78, 5) is 10.3. The molecule has 0 saturated carbocycles. The Morgan fingerprint density at radius 2 is 2.08 bits per heavy atom. The molecule has 0 aromatic heterocycles. The van der Waals surface area contributed by atoms with Gasteiger partial charge >= 0.3 is 5.97 Å². The van der Waals surface area contributed by atoms with Crippen molar-refractivity contribution in [2.75, 3.05) is 0 Å². The summed E-state index contributed by atoms with van der Waals surface area (Å²) in [6.07, 6.45) is 2.77. The number of carboxylic acids is 1. The average Bonchev–Trinajstić information content (AvgIpc) is 2.06. The lowest BCUT2D eigenvalue weighted by molar-refractivity contribution is -0.131. The van der Waals surface area contributed by atoms with Crippen molar-refractivity contribution >= 4 is 12.0 Å². The Morgan fingerprint density at radius 3 is 2.69 bits per heavy atom. The van der Waals surface area contributed by atoms with Gasteiger partial charge in [0.05, 0.1) is 0 Å². The molecule has 0 fully saturated rings. The summed E-state index contributed by atoms with van der Waals surface area (Å²) in [5, 5.41) is 8.45. The highest BCUT2D eigenvalue weighted by molar-refractivity contribution is 5.85. The lowest BCUT2D eigenvalue weighted by Crippen LogP contribution is -1.87. The third-order valence-electron chi connectivity index (χ3n) is 1.84. The third kappa shape index (κ3) is 2.75. The van der Waals surface area contributed by atoms with E-state index in [1.165, 1.54) is 0 Å². The topological polar surface area (TPSA) is 37.3 Å². The molecular weight excluding hydrogens is 164 g/mol. The first-order valence-electron chi connectivity index (χ1n) is 4.08. The van der Waals surface area contributed by atoms with E-state index in [2.05, 4.69) is 0 Å². The SMILES string of the molecule is Cc1ccc(C)c(C=CC(=O)O)c1. The van der Waals surface area contributed by atoms with Gasteiger partial charge in [-0.3, -0.25) is 0 Å². The Hall–Kier alpha value is -1.57. The summed E-state index contributed by atoms with van der Waals surface area (Å²) in [5.74, 6) is -0.916. The zero-order valence-electron chi connectivity index (χ0n) is 7.74. The van der Waals surface area contributed by atoms with E-state index < -0.39 is 5.97 Å². The molecule has 0 amide bonds. The molecule has 2 nitrogen and oxygen atoms in total. The summed E-state index contributed by atoms with van der Waals surface area (Å²) in [6, 6.07) is 5.96. The number of carbonyl (C=O) groups is 1.